The second kappa shape index (κ2) is 11.3. The molecule has 0 aliphatic heterocycles. The Balaban J connectivity index is 1.57. The highest BCUT2D eigenvalue weighted by atomic mass is 32.2. The van der Waals surface area contributed by atoms with Crippen molar-refractivity contribution in [2.45, 2.75) is 18.4 Å². The minimum atomic E-state index is -3.63. The summed E-state index contributed by atoms with van der Waals surface area (Å²) in [6.07, 6.45) is 4.31. The maximum atomic E-state index is 12.7. The van der Waals surface area contributed by atoms with Gasteiger partial charge in [0.05, 0.1) is 15.4 Å². The Labute approximate surface area is 203 Å². The number of nitrogens with zero attached hydrogens (tertiary/aromatic N) is 3. The number of sulfonamides is 1. The van der Waals surface area contributed by atoms with Crippen LogP contribution in [0.1, 0.15) is 27.0 Å². The number of benzene rings is 3. The van der Waals surface area contributed by atoms with E-state index in [1.165, 1.54) is 35.8 Å². The van der Waals surface area contributed by atoms with E-state index < -0.39 is 20.9 Å². The monoisotopic (exact) mass is 492 g/mol. The van der Waals surface area contributed by atoms with Gasteiger partial charge in [0, 0.05) is 31.4 Å². The van der Waals surface area contributed by atoms with E-state index in [9.17, 15) is 23.3 Å². The average Bonchev–Trinajstić information content (AvgIpc) is 2.84. The quantitative estimate of drug-likeness (QED) is 0.273. The number of carbonyl (C=O) groups excluding carboxylic acids is 1. The Bertz CT molecular complexity index is 1370. The first kappa shape index (κ1) is 25.5. The van der Waals surface area contributed by atoms with Gasteiger partial charge in [0.25, 0.3) is 11.6 Å². The molecule has 180 valence electrons. The molecule has 9 nitrogen and oxygen atoms in total. The Kier molecular flexibility index (Phi) is 8.24. The molecule has 0 unspecified atom stereocenters. The Morgan fingerprint density at radius 1 is 1.06 bits per heavy atom. The zero-order valence-corrected chi connectivity index (χ0v) is 20.0. The fourth-order valence-corrected chi connectivity index (χ4v) is 4.30. The van der Waals surface area contributed by atoms with Crippen molar-refractivity contribution in [3.63, 3.8) is 0 Å². The molecule has 0 saturated carbocycles. The zero-order chi connectivity index (χ0) is 25.4. The van der Waals surface area contributed by atoms with Gasteiger partial charge in [0.2, 0.25) is 10.0 Å². The van der Waals surface area contributed by atoms with Gasteiger partial charge in [0.1, 0.15) is 0 Å². The minimum Gasteiger partial charge on any atom is -0.267 e. The molecular weight excluding hydrogens is 468 g/mol. The molecule has 3 aromatic rings. The van der Waals surface area contributed by atoms with Crippen LogP contribution in [0, 0.1) is 17.0 Å². The van der Waals surface area contributed by atoms with Gasteiger partial charge in [-0.05, 0) is 55.0 Å². The molecule has 0 fully saturated rings. The van der Waals surface area contributed by atoms with E-state index >= 15 is 0 Å². The van der Waals surface area contributed by atoms with E-state index in [2.05, 4.69) is 10.5 Å². The molecule has 35 heavy (non-hydrogen) atoms. The van der Waals surface area contributed by atoms with Crippen molar-refractivity contribution in [1.82, 2.24) is 9.73 Å². The van der Waals surface area contributed by atoms with Crippen molar-refractivity contribution in [3.8, 4) is 0 Å². The number of rotatable bonds is 9. The number of hydrogen-bond donors (Lipinski definition) is 1. The predicted molar refractivity (Wildman–Crippen MR) is 134 cm³/mol. The normalized spacial score (nSPS) is 11.9. The number of amides is 1. The zero-order valence-electron chi connectivity index (χ0n) is 19.2. The van der Waals surface area contributed by atoms with Crippen LogP contribution in [0.3, 0.4) is 0 Å². The van der Waals surface area contributed by atoms with Gasteiger partial charge in [-0.25, -0.2) is 13.8 Å². The summed E-state index contributed by atoms with van der Waals surface area (Å²) >= 11 is 0. The topological polar surface area (TPSA) is 122 Å². The lowest BCUT2D eigenvalue weighted by Crippen LogP contribution is -2.26. The molecule has 1 N–H and O–H groups in total. The van der Waals surface area contributed by atoms with Crippen molar-refractivity contribution in [1.29, 1.82) is 0 Å². The highest BCUT2D eigenvalue weighted by molar-refractivity contribution is 7.89. The van der Waals surface area contributed by atoms with E-state index in [0.29, 0.717) is 11.1 Å². The summed E-state index contributed by atoms with van der Waals surface area (Å²) in [7, 11) is -2.13. The van der Waals surface area contributed by atoms with Gasteiger partial charge in [0.15, 0.2) is 0 Å². The van der Waals surface area contributed by atoms with Crippen molar-refractivity contribution in [2.24, 2.45) is 5.10 Å². The molecule has 0 atom stereocenters. The standard InChI is InChI=1S/C25H24N4O5S/c1-19-9-15-23(16-10-19)35(33,34)28(2)18-20-11-13-22(14-12-20)25(30)27-26-17-5-7-21-6-3-4-8-24(21)29(31)32/h3-17H,18H2,1-2H3,(H,27,30)/b7-5+,26-17+. The number of aryl methyl sites for hydroxylation is 1. The van der Waals surface area contributed by atoms with Crippen molar-refractivity contribution in [3.05, 3.63) is 111 Å². The summed E-state index contributed by atoms with van der Waals surface area (Å²) < 4.78 is 26.7. The third kappa shape index (κ3) is 6.69. The smallest absolute Gasteiger partial charge is 0.267 e. The molecule has 0 spiro atoms. The lowest BCUT2D eigenvalue weighted by molar-refractivity contribution is -0.385. The van der Waals surface area contributed by atoms with Crippen LogP contribution in [0.2, 0.25) is 0 Å². The summed E-state index contributed by atoms with van der Waals surface area (Å²) in [4.78, 5) is 23.0. The van der Waals surface area contributed by atoms with Crippen LogP contribution in [0.25, 0.3) is 6.08 Å². The molecule has 1 amide bonds. The summed E-state index contributed by atoms with van der Waals surface area (Å²) in [5.41, 5.74) is 4.80. The summed E-state index contributed by atoms with van der Waals surface area (Å²) in [6, 6.07) is 19.4. The molecule has 3 aromatic carbocycles. The van der Waals surface area contributed by atoms with Crippen LogP contribution in [0.4, 0.5) is 5.69 Å². The molecule has 10 heteroatoms. The van der Waals surface area contributed by atoms with Crippen LogP contribution >= 0.6 is 0 Å². The first-order chi connectivity index (χ1) is 16.7. The molecule has 0 aromatic heterocycles. The molecule has 0 aliphatic rings. The van der Waals surface area contributed by atoms with Crippen LogP contribution in [0.5, 0.6) is 0 Å². The Morgan fingerprint density at radius 2 is 1.71 bits per heavy atom. The van der Waals surface area contributed by atoms with Gasteiger partial charge in [-0.1, -0.05) is 42.0 Å². The summed E-state index contributed by atoms with van der Waals surface area (Å²) in [6.45, 7) is 2.03. The number of hydrogen-bond acceptors (Lipinski definition) is 6. The van der Waals surface area contributed by atoms with Crippen molar-refractivity contribution < 1.29 is 18.1 Å². The van der Waals surface area contributed by atoms with E-state index in [1.54, 1.807) is 66.7 Å². The van der Waals surface area contributed by atoms with Gasteiger partial charge in [-0.15, -0.1) is 0 Å². The van der Waals surface area contributed by atoms with Crippen molar-refractivity contribution >= 4 is 33.9 Å². The SMILES string of the molecule is Cc1ccc(S(=O)(=O)N(C)Cc2ccc(C(=O)N/N=C/C=C/c3ccccc3[N+](=O)[O-])cc2)cc1. The molecule has 0 heterocycles. The maximum Gasteiger partial charge on any atom is 0.276 e. The number of allylic oxidation sites excluding steroid dienone is 1. The average molecular weight is 493 g/mol. The van der Waals surface area contributed by atoms with Crippen LogP contribution in [-0.4, -0.2) is 36.8 Å². The number of nitro benzene ring substituents is 1. The second-order valence-corrected chi connectivity index (χ2v) is 9.71. The van der Waals surface area contributed by atoms with Crippen molar-refractivity contribution in [2.75, 3.05) is 7.05 Å². The minimum absolute atomic E-state index is 0.0291. The number of para-hydroxylation sites is 1. The first-order valence-electron chi connectivity index (χ1n) is 10.5. The fraction of sp³-hybridized carbons (Fsp3) is 0.120. The lowest BCUT2D eigenvalue weighted by Gasteiger charge is -2.17. The summed E-state index contributed by atoms with van der Waals surface area (Å²) in [5, 5.41) is 14.8. The number of hydrazone groups is 1. The molecule has 0 bridgehead atoms. The molecule has 0 saturated heterocycles. The first-order valence-corrected chi connectivity index (χ1v) is 12.0. The molecular formula is C25H24N4O5S. The largest absolute Gasteiger partial charge is 0.276 e. The van der Waals surface area contributed by atoms with E-state index in [0.717, 1.165) is 11.1 Å². The number of nitro groups is 1. The van der Waals surface area contributed by atoms with Crippen LogP contribution in [0.15, 0.2) is 88.9 Å². The van der Waals surface area contributed by atoms with E-state index in [4.69, 9.17) is 0 Å². The predicted octanol–water partition coefficient (Wildman–Crippen LogP) is 4.15. The highest BCUT2D eigenvalue weighted by Gasteiger charge is 2.20. The summed E-state index contributed by atoms with van der Waals surface area (Å²) in [5.74, 6) is -0.451. The lowest BCUT2D eigenvalue weighted by atomic mass is 10.1. The van der Waals surface area contributed by atoms with Gasteiger partial charge in [-0.3, -0.25) is 14.9 Å². The molecule has 3 rings (SSSR count). The van der Waals surface area contributed by atoms with E-state index in [1.807, 2.05) is 6.92 Å². The highest BCUT2D eigenvalue weighted by Crippen LogP contribution is 2.19. The van der Waals surface area contributed by atoms with Gasteiger partial charge < -0.3 is 0 Å². The third-order valence-corrected chi connectivity index (χ3v) is 6.90. The number of nitrogens with one attached hydrogen (secondary N) is 1. The molecule has 0 aliphatic carbocycles. The third-order valence-electron chi connectivity index (χ3n) is 5.09. The number of carbonyl (C=O) groups is 1. The molecule has 0 radical (unpaired) electrons. The maximum absolute atomic E-state index is 12.7. The van der Waals surface area contributed by atoms with Gasteiger partial charge >= 0.3 is 0 Å². The Morgan fingerprint density at radius 3 is 2.37 bits per heavy atom. The van der Waals surface area contributed by atoms with Crippen LogP contribution < -0.4 is 5.43 Å². The second-order valence-electron chi connectivity index (χ2n) is 7.67. The van der Waals surface area contributed by atoms with Crippen LogP contribution in [-0.2, 0) is 16.6 Å². The van der Waals surface area contributed by atoms with E-state index in [-0.39, 0.29) is 17.1 Å². The fourth-order valence-electron chi connectivity index (χ4n) is 3.14. The Hall–Kier alpha value is -4.15. The van der Waals surface area contributed by atoms with Gasteiger partial charge in [-0.2, -0.15) is 9.41 Å².